The van der Waals surface area contributed by atoms with Crippen LogP contribution in [-0.4, -0.2) is 57.1 Å². The van der Waals surface area contributed by atoms with Crippen LogP contribution in [0.2, 0.25) is 10.0 Å². The Bertz CT molecular complexity index is 1480. The molecular formula is C31H35Cl2N3O5S. The molecule has 3 aromatic carbocycles. The number of anilines is 1. The maximum absolute atomic E-state index is 14.2. The zero-order chi connectivity index (χ0) is 30.3. The Hall–Kier alpha value is -3.27. The highest BCUT2D eigenvalue weighted by Crippen LogP contribution is 2.26. The first-order chi connectivity index (χ1) is 20.0. The number of carbonyl (C=O) groups is 2. The number of hydrogen-bond acceptors (Lipinski definition) is 5. The highest BCUT2D eigenvalue weighted by molar-refractivity contribution is 7.92. The summed E-state index contributed by atoms with van der Waals surface area (Å²) in [6.45, 7) is -0.539. The fourth-order valence-corrected chi connectivity index (χ4v) is 6.43. The molecule has 1 fully saturated rings. The molecule has 3 aromatic rings. The van der Waals surface area contributed by atoms with Crippen LogP contribution in [0.3, 0.4) is 0 Å². The molecule has 4 rings (SSSR count). The monoisotopic (exact) mass is 631 g/mol. The molecule has 1 atom stereocenters. The summed E-state index contributed by atoms with van der Waals surface area (Å²) in [6, 6.07) is 19.9. The summed E-state index contributed by atoms with van der Waals surface area (Å²) in [5.74, 6) is -0.298. The normalized spacial score (nSPS) is 14.3. The minimum Gasteiger partial charge on any atom is -0.497 e. The number of methoxy groups -OCH3 is 1. The summed E-state index contributed by atoms with van der Waals surface area (Å²) >= 11 is 12.7. The van der Waals surface area contributed by atoms with Gasteiger partial charge < -0.3 is 15.0 Å². The van der Waals surface area contributed by atoms with Gasteiger partial charge in [-0.3, -0.25) is 13.9 Å². The summed E-state index contributed by atoms with van der Waals surface area (Å²) < 4.78 is 32.1. The molecule has 1 aliphatic carbocycles. The van der Waals surface area contributed by atoms with Gasteiger partial charge in [-0.05, 0) is 60.4 Å². The van der Waals surface area contributed by atoms with Crippen LogP contribution in [-0.2, 0) is 32.6 Å². The smallest absolute Gasteiger partial charge is 0.244 e. The van der Waals surface area contributed by atoms with Gasteiger partial charge in [-0.1, -0.05) is 72.4 Å². The minimum atomic E-state index is -3.88. The molecule has 0 spiro atoms. The Kier molecular flexibility index (Phi) is 10.8. The van der Waals surface area contributed by atoms with Crippen LogP contribution in [0.5, 0.6) is 5.75 Å². The number of nitrogens with zero attached hydrogens (tertiary/aromatic N) is 2. The lowest BCUT2D eigenvalue weighted by Gasteiger charge is -2.34. The zero-order valence-corrected chi connectivity index (χ0v) is 26.0. The van der Waals surface area contributed by atoms with Gasteiger partial charge in [-0.15, -0.1) is 0 Å². The molecule has 1 saturated carbocycles. The van der Waals surface area contributed by atoms with Crippen molar-refractivity contribution in [2.75, 3.05) is 24.2 Å². The predicted octanol–water partition coefficient (Wildman–Crippen LogP) is 5.47. The van der Waals surface area contributed by atoms with E-state index in [1.54, 1.807) is 42.5 Å². The van der Waals surface area contributed by atoms with Crippen molar-refractivity contribution in [3.63, 3.8) is 0 Å². The average Bonchev–Trinajstić information content (AvgIpc) is 3.47. The highest BCUT2D eigenvalue weighted by atomic mass is 35.5. The third-order valence-corrected chi connectivity index (χ3v) is 9.10. The van der Waals surface area contributed by atoms with Crippen molar-refractivity contribution in [2.45, 2.75) is 50.7 Å². The minimum absolute atomic E-state index is 0.0232. The van der Waals surface area contributed by atoms with E-state index < -0.39 is 28.5 Å². The Morgan fingerprint density at radius 1 is 1.00 bits per heavy atom. The van der Waals surface area contributed by atoms with E-state index in [2.05, 4.69) is 5.32 Å². The van der Waals surface area contributed by atoms with E-state index in [1.807, 2.05) is 30.3 Å². The third-order valence-electron chi connectivity index (χ3n) is 7.37. The van der Waals surface area contributed by atoms with E-state index in [0.29, 0.717) is 27.0 Å². The molecule has 0 aromatic heterocycles. The first-order valence-corrected chi connectivity index (χ1v) is 16.3. The van der Waals surface area contributed by atoms with Crippen LogP contribution in [0.15, 0.2) is 72.8 Å². The maximum atomic E-state index is 14.2. The first kappa shape index (κ1) is 31.7. The topological polar surface area (TPSA) is 96.0 Å². The lowest BCUT2D eigenvalue weighted by molar-refractivity contribution is -0.140. The maximum Gasteiger partial charge on any atom is 0.244 e. The van der Waals surface area contributed by atoms with Crippen LogP contribution in [0, 0.1) is 0 Å². The van der Waals surface area contributed by atoms with Crippen LogP contribution in [0.1, 0.15) is 36.8 Å². The number of sulfonamides is 1. The molecule has 1 aliphatic rings. The largest absolute Gasteiger partial charge is 0.497 e. The molecule has 0 saturated heterocycles. The molecule has 2 amide bonds. The molecule has 224 valence electrons. The van der Waals surface area contributed by atoms with Gasteiger partial charge in [-0.2, -0.15) is 0 Å². The average molecular weight is 633 g/mol. The van der Waals surface area contributed by atoms with Crippen molar-refractivity contribution < 1.29 is 22.7 Å². The fourth-order valence-electron chi connectivity index (χ4n) is 5.12. The van der Waals surface area contributed by atoms with E-state index >= 15 is 0 Å². The second-order valence-electron chi connectivity index (χ2n) is 10.4. The first-order valence-electron chi connectivity index (χ1n) is 13.7. The van der Waals surface area contributed by atoms with E-state index in [0.717, 1.165) is 41.8 Å². The van der Waals surface area contributed by atoms with Crippen molar-refractivity contribution >= 4 is 50.7 Å². The Morgan fingerprint density at radius 2 is 1.67 bits per heavy atom. The van der Waals surface area contributed by atoms with Gasteiger partial charge in [0, 0.05) is 29.1 Å². The number of hydrogen-bond donors (Lipinski definition) is 1. The number of carbonyl (C=O) groups excluding carboxylic acids is 2. The van der Waals surface area contributed by atoms with Crippen molar-refractivity contribution in [3.05, 3.63) is 94.0 Å². The summed E-state index contributed by atoms with van der Waals surface area (Å²) in [5.41, 5.74) is 1.74. The lowest BCUT2D eigenvalue weighted by atomic mass is 10.0. The SMILES string of the molecule is COc1ccc(N(CC(=O)N(Cc2ccc(Cl)cc2Cl)[C@H](Cc2ccccc2)C(=O)NC2CCCC2)S(C)(=O)=O)cc1. The molecule has 0 bridgehead atoms. The highest BCUT2D eigenvalue weighted by Gasteiger charge is 2.34. The van der Waals surface area contributed by atoms with E-state index in [4.69, 9.17) is 27.9 Å². The molecule has 8 nitrogen and oxygen atoms in total. The van der Waals surface area contributed by atoms with Crippen molar-refractivity contribution in [1.29, 1.82) is 0 Å². The summed E-state index contributed by atoms with van der Waals surface area (Å²) in [4.78, 5) is 29.5. The molecule has 0 radical (unpaired) electrons. The molecule has 42 heavy (non-hydrogen) atoms. The number of rotatable bonds is 12. The number of ether oxygens (including phenoxy) is 1. The molecule has 0 aliphatic heterocycles. The number of nitrogens with one attached hydrogen (secondary N) is 1. The number of halogens is 2. The molecule has 1 N–H and O–H groups in total. The summed E-state index contributed by atoms with van der Waals surface area (Å²) in [7, 11) is -2.37. The molecule has 0 unspecified atom stereocenters. The Morgan fingerprint density at radius 3 is 2.26 bits per heavy atom. The second kappa shape index (κ2) is 14.3. The summed E-state index contributed by atoms with van der Waals surface area (Å²) in [5, 5.41) is 3.91. The van der Waals surface area contributed by atoms with Crippen molar-refractivity contribution in [1.82, 2.24) is 10.2 Å². The quantitative estimate of drug-likeness (QED) is 0.286. The third kappa shape index (κ3) is 8.40. The fraction of sp³-hybridized carbons (Fsp3) is 0.355. The number of benzene rings is 3. The second-order valence-corrected chi connectivity index (χ2v) is 13.2. The van der Waals surface area contributed by atoms with Crippen molar-refractivity contribution in [2.24, 2.45) is 0 Å². The van der Waals surface area contributed by atoms with Crippen molar-refractivity contribution in [3.8, 4) is 5.75 Å². The van der Waals surface area contributed by atoms with Gasteiger partial charge in [0.15, 0.2) is 0 Å². The summed E-state index contributed by atoms with van der Waals surface area (Å²) in [6.07, 6.45) is 5.09. The Balaban J connectivity index is 1.73. The van der Waals surface area contributed by atoms with Gasteiger partial charge in [0.2, 0.25) is 21.8 Å². The predicted molar refractivity (Wildman–Crippen MR) is 167 cm³/mol. The van der Waals surface area contributed by atoms with Crippen LogP contribution in [0.4, 0.5) is 5.69 Å². The molecular weight excluding hydrogens is 597 g/mol. The van der Waals surface area contributed by atoms with Gasteiger partial charge in [0.1, 0.15) is 18.3 Å². The van der Waals surface area contributed by atoms with E-state index in [1.165, 1.54) is 12.0 Å². The molecule has 0 heterocycles. The van der Waals surface area contributed by atoms with Crippen LogP contribution >= 0.6 is 23.2 Å². The van der Waals surface area contributed by atoms with Gasteiger partial charge in [0.05, 0.1) is 19.1 Å². The zero-order valence-electron chi connectivity index (χ0n) is 23.6. The van der Waals surface area contributed by atoms with E-state index in [9.17, 15) is 18.0 Å². The van der Waals surface area contributed by atoms with Gasteiger partial charge in [0.25, 0.3) is 0 Å². The lowest BCUT2D eigenvalue weighted by Crippen LogP contribution is -2.54. The van der Waals surface area contributed by atoms with Gasteiger partial charge in [-0.25, -0.2) is 8.42 Å². The van der Waals surface area contributed by atoms with Gasteiger partial charge >= 0.3 is 0 Å². The van der Waals surface area contributed by atoms with E-state index in [-0.39, 0.29) is 24.9 Å². The van der Waals surface area contributed by atoms with Crippen LogP contribution in [0.25, 0.3) is 0 Å². The molecule has 11 heteroatoms. The van der Waals surface area contributed by atoms with Crippen LogP contribution < -0.4 is 14.4 Å². The number of amides is 2. The standard InChI is InChI=1S/C31H35Cl2N3O5S/c1-41-27-16-14-26(15-17-27)36(42(2,39)40)21-30(37)35(20-23-12-13-24(32)19-28(23)33)29(18-22-8-4-3-5-9-22)31(38)34-25-10-6-7-11-25/h3-5,8-9,12-17,19,25,29H,6-7,10-11,18,20-21H2,1-2H3,(H,34,38)/t29-/m1/s1. The Labute approximate surface area is 257 Å².